The fourth-order valence-electron chi connectivity index (χ4n) is 7.49. The number of carbonyl (C=O) groups is 3. The minimum Gasteiger partial charge on any atom is -0.463 e. The molecule has 236 valence electrons. The molecule has 0 radical (unpaired) electrons. The number of rotatable bonds is 7. The highest BCUT2D eigenvalue weighted by atomic mass is 16.5. The Labute approximate surface area is 278 Å². The van der Waals surface area contributed by atoms with E-state index >= 15 is 4.79 Å². The quantitative estimate of drug-likeness (QED) is 0.205. The number of hydrogen-bond acceptors (Lipinski definition) is 6. The zero-order valence-electron chi connectivity index (χ0n) is 26.6. The number of carbonyl (C=O) groups excluding carboxylic acids is 3. The highest BCUT2D eigenvalue weighted by Gasteiger charge is 2.66. The maximum atomic E-state index is 15.7. The van der Waals surface area contributed by atoms with E-state index in [-0.39, 0.29) is 30.1 Å². The summed E-state index contributed by atoms with van der Waals surface area (Å²) in [6.07, 6.45) is 0. The van der Waals surface area contributed by atoms with Crippen LogP contribution in [0.5, 0.6) is 0 Å². The van der Waals surface area contributed by atoms with Crippen molar-refractivity contribution in [3.8, 4) is 0 Å². The van der Waals surface area contributed by atoms with E-state index in [9.17, 15) is 9.59 Å². The van der Waals surface area contributed by atoms with Crippen molar-refractivity contribution in [2.24, 2.45) is 0 Å². The van der Waals surface area contributed by atoms with Crippen molar-refractivity contribution in [3.63, 3.8) is 0 Å². The average Bonchev–Trinajstić information content (AvgIpc) is 3.68. The zero-order valence-corrected chi connectivity index (χ0v) is 26.6. The standard InChI is InChI=1S/C40H32N4O4/c1-3-48-38(46)33-35(28-19-11-6-12-20-28)43(23-26-15-7-4-8-16-26)39(47)40(33)31-25(2)42-44(24-27-17-9-5-10-18-27)37(31)41-34-29-21-13-14-22-30(29)36(45)32(34)40/h4-22,41H,3,23-24H2,1-2H3. The van der Waals surface area contributed by atoms with Gasteiger partial charge in [-0.25, -0.2) is 9.48 Å². The summed E-state index contributed by atoms with van der Waals surface area (Å²) in [5.74, 6) is -0.798. The Bertz CT molecular complexity index is 2180. The topological polar surface area (TPSA) is 93.5 Å². The van der Waals surface area contributed by atoms with Gasteiger partial charge in [0, 0.05) is 22.3 Å². The van der Waals surface area contributed by atoms with Crippen molar-refractivity contribution in [1.29, 1.82) is 0 Å². The minimum absolute atomic E-state index is 0.0881. The van der Waals surface area contributed by atoms with Crippen LogP contribution < -0.4 is 5.32 Å². The van der Waals surface area contributed by atoms with Gasteiger partial charge < -0.3 is 15.0 Å². The molecule has 0 saturated heterocycles. The Hall–Kier alpha value is -6.02. The summed E-state index contributed by atoms with van der Waals surface area (Å²) < 4.78 is 7.64. The molecular formula is C40H32N4O4. The van der Waals surface area contributed by atoms with Gasteiger partial charge in [0.25, 0.3) is 0 Å². The maximum Gasteiger partial charge on any atom is 0.337 e. The fraction of sp³-hybridized carbons (Fsp3) is 0.150. The first kappa shape index (κ1) is 29.4. The lowest BCUT2D eigenvalue weighted by Gasteiger charge is -2.36. The number of benzene rings is 4. The number of aryl methyl sites for hydroxylation is 1. The molecular weight excluding hydrogens is 600 g/mol. The average molecular weight is 633 g/mol. The van der Waals surface area contributed by atoms with Crippen LogP contribution in [0.25, 0.3) is 11.4 Å². The molecule has 1 aliphatic carbocycles. The van der Waals surface area contributed by atoms with Crippen LogP contribution in [0.3, 0.4) is 0 Å². The molecule has 5 aromatic rings. The van der Waals surface area contributed by atoms with Gasteiger partial charge in [-0.2, -0.15) is 5.10 Å². The van der Waals surface area contributed by atoms with Crippen molar-refractivity contribution in [1.82, 2.24) is 14.7 Å². The van der Waals surface area contributed by atoms with E-state index in [0.717, 1.165) is 11.1 Å². The molecule has 1 atom stereocenters. The maximum absolute atomic E-state index is 15.7. The highest BCUT2D eigenvalue weighted by molar-refractivity contribution is 6.32. The zero-order chi connectivity index (χ0) is 33.0. The Balaban J connectivity index is 1.48. The molecule has 3 aliphatic rings. The molecule has 8 heteroatoms. The van der Waals surface area contributed by atoms with Gasteiger partial charge in [-0.05, 0) is 30.5 Å². The van der Waals surface area contributed by atoms with Gasteiger partial charge in [0.05, 0.1) is 42.4 Å². The van der Waals surface area contributed by atoms with Crippen LogP contribution in [-0.4, -0.2) is 38.9 Å². The molecule has 8 rings (SSSR count). The number of fused-ring (bicyclic) bond motifs is 5. The first-order chi connectivity index (χ1) is 23.4. The molecule has 1 spiro atoms. The number of anilines is 1. The third kappa shape index (κ3) is 4.22. The number of amides is 1. The molecule has 0 saturated carbocycles. The molecule has 2 aliphatic heterocycles. The minimum atomic E-state index is -1.84. The van der Waals surface area contributed by atoms with E-state index in [1.807, 2.05) is 121 Å². The predicted molar refractivity (Wildman–Crippen MR) is 182 cm³/mol. The summed E-state index contributed by atoms with van der Waals surface area (Å²) in [5, 5.41) is 8.52. The molecule has 1 aromatic heterocycles. The Kier molecular flexibility index (Phi) is 6.95. The van der Waals surface area contributed by atoms with E-state index in [4.69, 9.17) is 9.84 Å². The molecule has 1 unspecified atom stereocenters. The lowest BCUT2D eigenvalue weighted by atomic mass is 9.65. The number of nitrogens with zero attached hydrogens (tertiary/aromatic N) is 3. The Morgan fingerprint density at radius 2 is 1.38 bits per heavy atom. The monoisotopic (exact) mass is 632 g/mol. The van der Waals surface area contributed by atoms with Crippen LogP contribution in [0.4, 0.5) is 5.82 Å². The number of aromatic nitrogens is 2. The van der Waals surface area contributed by atoms with Crippen molar-refractivity contribution in [2.75, 3.05) is 11.9 Å². The number of hydrogen-bond donors (Lipinski definition) is 1. The third-order valence-corrected chi connectivity index (χ3v) is 9.37. The normalized spacial score (nSPS) is 17.8. The van der Waals surface area contributed by atoms with Gasteiger partial charge in [0.1, 0.15) is 11.2 Å². The second kappa shape index (κ2) is 11.3. The van der Waals surface area contributed by atoms with E-state index in [1.165, 1.54) is 0 Å². The van der Waals surface area contributed by atoms with Gasteiger partial charge in [-0.3, -0.25) is 9.59 Å². The molecule has 48 heavy (non-hydrogen) atoms. The SMILES string of the molecule is CCOC(=O)C1=C(c2ccccc2)N(Cc2ccccc2)C(=O)C12C1=C(Nc3c2c(C)nn3Cc2ccccc2)c2ccccc2C1=O. The summed E-state index contributed by atoms with van der Waals surface area (Å²) in [7, 11) is 0. The van der Waals surface area contributed by atoms with Crippen LogP contribution in [0.1, 0.15) is 50.8 Å². The Morgan fingerprint density at radius 1 is 0.792 bits per heavy atom. The fourth-order valence-corrected chi connectivity index (χ4v) is 7.49. The van der Waals surface area contributed by atoms with Crippen molar-refractivity contribution < 1.29 is 19.1 Å². The molecule has 0 bridgehead atoms. The van der Waals surface area contributed by atoms with Crippen molar-refractivity contribution >= 4 is 34.9 Å². The lowest BCUT2D eigenvalue weighted by Crippen LogP contribution is -2.47. The van der Waals surface area contributed by atoms with Crippen LogP contribution in [0.2, 0.25) is 0 Å². The van der Waals surface area contributed by atoms with Crippen LogP contribution in [0.15, 0.2) is 126 Å². The second-order valence-corrected chi connectivity index (χ2v) is 12.1. The first-order valence-corrected chi connectivity index (χ1v) is 16.1. The van der Waals surface area contributed by atoms with E-state index in [1.54, 1.807) is 17.9 Å². The van der Waals surface area contributed by atoms with Crippen LogP contribution in [0, 0.1) is 6.92 Å². The van der Waals surface area contributed by atoms with Crippen molar-refractivity contribution in [3.05, 3.63) is 165 Å². The summed E-state index contributed by atoms with van der Waals surface area (Å²) in [4.78, 5) is 46.7. The second-order valence-electron chi connectivity index (χ2n) is 12.1. The van der Waals surface area contributed by atoms with Crippen molar-refractivity contribution in [2.45, 2.75) is 32.4 Å². The molecule has 8 nitrogen and oxygen atoms in total. The Morgan fingerprint density at radius 3 is 2.02 bits per heavy atom. The van der Waals surface area contributed by atoms with Gasteiger partial charge >= 0.3 is 5.97 Å². The van der Waals surface area contributed by atoms with Gasteiger partial charge in [-0.15, -0.1) is 0 Å². The molecule has 1 amide bonds. The van der Waals surface area contributed by atoms with Crippen LogP contribution >= 0.6 is 0 Å². The van der Waals surface area contributed by atoms with Gasteiger partial charge in [-0.1, -0.05) is 115 Å². The largest absolute Gasteiger partial charge is 0.463 e. The lowest BCUT2D eigenvalue weighted by molar-refractivity contribution is -0.140. The van der Waals surface area contributed by atoms with Gasteiger partial charge in [0.2, 0.25) is 5.91 Å². The number of ketones is 1. The van der Waals surface area contributed by atoms with Gasteiger partial charge in [0.15, 0.2) is 5.78 Å². The first-order valence-electron chi connectivity index (χ1n) is 16.1. The molecule has 0 fully saturated rings. The number of esters is 1. The highest BCUT2D eigenvalue weighted by Crippen LogP contribution is 2.60. The number of nitrogens with one attached hydrogen (secondary N) is 1. The van der Waals surface area contributed by atoms with E-state index < -0.39 is 17.3 Å². The summed E-state index contributed by atoms with van der Waals surface area (Å²) in [5.41, 5.74) is 4.14. The summed E-state index contributed by atoms with van der Waals surface area (Å²) >= 11 is 0. The third-order valence-electron chi connectivity index (χ3n) is 9.37. The molecule has 1 N–H and O–H groups in total. The summed E-state index contributed by atoms with van der Waals surface area (Å²) in [6.45, 7) is 4.25. The summed E-state index contributed by atoms with van der Waals surface area (Å²) in [6, 6.07) is 36.3. The predicted octanol–water partition coefficient (Wildman–Crippen LogP) is 6.53. The van der Waals surface area contributed by atoms with E-state index in [0.29, 0.717) is 51.7 Å². The smallest absolute Gasteiger partial charge is 0.337 e. The number of Topliss-reactive ketones (excluding diaryl/α,β-unsaturated/α-hetero) is 1. The number of ether oxygens (including phenoxy) is 1. The van der Waals surface area contributed by atoms with E-state index in [2.05, 4.69) is 5.32 Å². The molecule has 4 aromatic carbocycles. The van der Waals surface area contributed by atoms with Crippen LogP contribution in [-0.2, 0) is 32.8 Å². The molecule has 3 heterocycles.